The van der Waals surface area contributed by atoms with E-state index in [1.54, 1.807) is 0 Å². The van der Waals surface area contributed by atoms with Gasteiger partial charge in [0, 0.05) is 6.54 Å². The smallest absolute Gasteiger partial charge is 0.245 e. The van der Waals surface area contributed by atoms with Gasteiger partial charge in [-0.3, -0.25) is 9.59 Å². The Morgan fingerprint density at radius 1 is 1.10 bits per heavy atom. The number of amides is 2. The number of hydrogen-bond donors (Lipinski definition) is 1. The minimum Gasteiger partial charge on any atom is -0.342 e. The maximum atomic E-state index is 12.7. The number of nitrogens with one attached hydrogen (secondary N) is 1. The number of hydrogen-bond acceptors (Lipinski definition) is 2. The third-order valence-corrected chi connectivity index (χ3v) is 4.10. The largest absolute Gasteiger partial charge is 0.342 e. The van der Waals surface area contributed by atoms with E-state index >= 15 is 0 Å². The molecule has 1 rings (SSSR count). The number of piperazine rings is 1. The van der Waals surface area contributed by atoms with Crippen molar-refractivity contribution in [2.45, 2.75) is 84.7 Å². The van der Waals surface area contributed by atoms with Gasteiger partial charge in [0.15, 0.2) is 0 Å². The minimum atomic E-state index is -0.322. The SMILES string of the molecule is CCCCCCN1C(=O)C(CC(C)C)NC(=O)C1CCC. The topological polar surface area (TPSA) is 49.4 Å². The van der Waals surface area contributed by atoms with Gasteiger partial charge in [-0.05, 0) is 25.2 Å². The Bertz CT molecular complexity index is 342. The second-order valence-electron chi connectivity index (χ2n) is 6.59. The van der Waals surface area contributed by atoms with Crippen LogP contribution in [0.4, 0.5) is 0 Å². The Hall–Kier alpha value is -1.06. The first-order valence-corrected chi connectivity index (χ1v) is 8.62. The second-order valence-corrected chi connectivity index (χ2v) is 6.59. The molecule has 1 aliphatic rings. The van der Waals surface area contributed by atoms with Crippen LogP contribution < -0.4 is 5.32 Å². The average Bonchev–Trinajstić information content (AvgIpc) is 2.42. The van der Waals surface area contributed by atoms with Crippen molar-refractivity contribution in [3.63, 3.8) is 0 Å². The van der Waals surface area contributed by atoms with Crippen LogP contribution in [0, 0.1) is 5.92 Å². The first-order chi connectivity index (χ1) is 10.0. The Morgan fingerprint density at radius 3 is 2.38 bits per heavy atom. The zero-order valence-corrected chi connectivity index (χ0v) is 14.2. The van der Waals surface area contributed by atoms with Gasteiger partial charge in [0.25, 0.3) is 0 Å². The summed E-state index contributed by atoms with van der Waals surface area (Å²) in [5.41, 5.74) is 0. The van der Waals surface area contributed by atoms with Gasteiger partial charge in [0.05, 0.1) is 0 Å². The van der Waals surface area contributed by atoms with E-state index in [0.29, 0.717) is 5.92 Å². The molecule has 0 aromatic rings. The fourth-order valence-corrected chi connectivity index (χ4v) is 2.99. The van der Waals surface area contributed by atoms with Gasteiger partial charge in [-0.15, -0.1) is 0 Å². The molecule has 1 aliphatic heterocycles. The third kappa shape index (κ3) is 5.33. The van der Waals surface area contributed by atoms with E-state index in [0.717, 1.165) is 38.6 Å². The molecule has 21 heavy (non-hydrogen) atoms. The fourth-order valence-electron chi connectivity index (χ4n) is 2.99. The van der Waals surface area contributed by atoms with Crippen LogP contribution in [-0.4, -0.2) is 35.3 Å². The molecule has 0 aromatic heterocycles. The van der Waals surface area contributed by atoms with Crippen LogP contribution in [0.1, 0.15) is 72.6 Å². The number of nitrogens with zero attached hydrogens (tertiary/aromatic N) is 1. The van der Waals surface area contributed by atoms with Crippen molar-refractivity contribution in [1.29, 1.82) is 0 Å². The van der Waals surface area contributed by atoms with Gasteiger partial charge in [0.1, 0.15) is 12.1 Å². The highest BCUT2D eigenvalue weighted by atomic mass is 16.2. The number of rotatable bonds is 9. The van der Waals surface area contributed by atoms with Gasteiger partial charge in [-0.25, -0.2) is 0 Å². The van der Waals surface area contributed by atoms with Gasteiger partial charge in [0.2, 0.25) is 11.8 Å². The summed E-state index contributed by atoms with van der Waals surface area (Å²) in [5, 5.41) is 2.93. The lowest BCUT2D eigenvalue weighted by atomic mass is 9.96. The van der Waals surface area contributed by atoms with Gasteiger partial charge >= 0.3 is 0 Å². The molecule has 2 atom stereocenters. The maximum absolute atomic E-state index is 12.7. The Kier molecular flexibility index (Phi) is 7.76. The molecular formula is C17H32N2O2. The van der Waals surface area contributed by atoms with E-state index in [1.165, 1.54) is 12.8 Å². The molecule has 0 spiro atoms. The van der Waals surface area contributed by atoms with Gasteiger partial charge < -0.3 is 10.2 Å². The van der Waals surface area contributed by atoms with Crippen LogP contribution >= 0.6 is 0 Å². The monoisotopic (exact) mass is 296 g/mol. The maximum Gasteiger partial charge on any atom is 0.245 e. The minimum absolute atomic E-state index is 0.0394. The van der Waals surface area contributed by atoms with Crippen LogP contribution in [-0.2, 0) is 9.59 Å². The van der Waals surface area contributed by atoms with Crippen molar-refractivity contribution >= 4 is 11.8 Å². The molecule has 0 aliphatic carbocycles. The van der Waals surface area contributed by atoms with Crippen LogP contribution in [0.3, 0.4) is 0 Å². The summed E-state index contributed by atoms with van der Waals surface area (Å²) in [6.45, 7) is 9.14. The molecule has 1 fully saturated rings. The molecule has 0 saturated carbocycles. The summed E-state index contributed by atoms with van der Waals surface area (Å²) in [5.74, 6) is 0.569. The number of carbonyl (C=O) groups is 2. The van der Waals surface area contributed by atoms with E-state index in [9.17, 15) is 9.59 Å². The van der Waals surface area contributed by atoms with E-state index in [-0.39, 0.29) is 23.9 Å². The van der Waals surface area contributed by atoms with Crippen molar-refractivity contribution in [3.8, 4) is 0 Å². The number of unbranched alkanes of at least 4 members (excludes halogenated alkanes) is 3. The Labute approximate surface area is 129 Å². The summed E-state index contributed by atoms with van der Waals surface area (Å²) in [4.78, 5) is 26.8. The second kappa shape index (κ2) is 9.06. The molecule has 4 heteroatoms. The molecule has 122 valence electrons. The predicted molar refractivity (Wildman–Crippen MR) is 85.9 cm³/mol. The van der Waals surface area contributed by atoms with Crippen LogP contribution in [0.5, 0.6) is 0 Å². The molecule has 2 amide bonds. The third-order valence-electron chi connectivity index (χ3n) is 4.10. The molecule has 0 bridgehead atoms. The summed E-state index contributed by atoms with van der Waals surface area (Å²) < 4.78 is 0. The quantitative estimate of drug-likeness (QED) is 0.665. The lowest BCUT2D eigenvalue weighted by Crippen LogP contribution is -2.63. The van der Waals surface area contributed by atoms with Crippen LogP contribution in [0.15, 0.2) is 0 Å². The highest BCUT2D eigenvalue weighted by Crippen LogP contribution is 2.19. The molecule has 1 N–H and O–H groups in total. The Morgan fingerprint density at radius 2 is 1.81 bits per heavy atom. The average molecular weight is 296 g/mol. The van der Waals surface area contributed by atoms with Crippen molar-refractivity contribution in [3.05, 3.63) is 0 Å². The zero-order chi connectivity index (χ0) is 15.8. The zero-order valence-electron chi connectivity index (χ0n) is 14.2. The highest BCUT2D eigenvalue weighted by molar-refractivity contribution is 5.96. The van der Waals surface area contributed by atoms with E-state index < -0.39 is 0 Å². The number of carbonyl (C=O) groups excluding carboxylic acids is 2. The fraction of sp³-hybridized carbons (Fsp3) is 0.882. The summed E-state index contributed by atoms with van der Waals surface area (Å²) in [7, 11) is 0. The molecule has 2 unspecified atom stereocenters. The highest BCUT2D eigenvalue weighted by Gasteiger charge is 2.39. The molecule has 4 nitrogen and oxygen atoms in total. The molecular weight excluding hydrogens is 264 g/mol. The van der Waals surface area contributed by atoms with Crippen molar-refractivity contribution in [2.75, 3.05) is 6.54 Å². The summed E-state index contributed by atoms with van der Waals surface area (Å²) in [6.07, 6.45) is 6.93. The first kappa shape index (κ1) is 18.0. The molecule has 1 saturated heterocycles. The van der Waals surface area contributed by atoms with E-state index in [1.807, 2.05) is 4.90 Å². The molecule has 1 heterocycles. The van der Waals surface area contributed by atoms with Crippen LogP contribution in [0.25, 0.3) is 0 Å². The summed E-state index contributed by atoms with van der Waals surface area (Å²) in [6, 6.07) is -0.579. The van der Waals surface area contributed by atoms with E-state index in [2.05, 4.69) is 33.0 Å². The normalized spacial score (nSPS) is 22.8. The van der Waals surface area contributed by atoms with Crippen molar-refractivity contribution < 1.29 is 9.59 Å². The van der Waals surface area contributed by atoms with Crippen LogP contribution in [0.2, 0.25) is 0 Å². The lowest BCUT2D eigenvalue weighted by Gasteiger charge is -2.39. The first-order valence-electron chi connectivity index (χ1n) is 8.62. The molecule has 0 radical (unpaired) electrons. The Balaban J connectivity index is 2.72. The molecule has 0 aromatic carbocycles. The van der Waals surface area contributed by atoms with Gasteiger partial charge in [-0.2, -0.15) is 0 Å². The predicted octanol–water partition coefficient (Wildman–Crippen LogP) is 3.11. The van der Waals surface area contributed by atoms with Gasteiger partial charge in [-0.1, -0.05) is 53.4 Å². The van der Waals surface area contributed by atoms with E-state index in [4.69, 9.17) is 0 Å². The van der Waals surface area contributed by atoms with Crippen molar-refractivity contribution in [2.24, 2.45) is 5.92 Å². The standard InChI is InChI=1S/C17H32N2O2/c1-5-7-8-9-11-19-15(10-6-2)16(20)18-14(17(19)21)12-13(3)4/h13-15H,5-12H2,1-4H3,(H,18,20). The van der Waals surface area contributed by atoms with Crippen molar-refractivity contribution in [1.82, 2.24) is 10.2 Å². The lowest BCUT2D eigenvalue weighted by molar-refractivity contribution is -0.150. The summed E-state index contributed by atoms with van der Waals surface area (Å²) >= 11 is 0.